The number of aromatic nitrogens is 4. The summed E-state index contributed by atoms with van der Waals surface area (Å²) < 4.78 is 0. The molecule has 1 saturated carbocycles. The van der Waals surface area contributed by atoms with E-state index in [1.54, 1.807) is 18.5 Å². The minimum Gasteiger partial charge on any atom is -0.337 e. The van der Waals surface area contributed by atoms with Crippen molar-refractivity contribution in [1.29, 1.82) is 0 Å². The van der Waals surface area contributed by atoms with Gasteiger partial charge in [0.15, 0.2) is 0 Å². The quantitative estimate of drug-likeness (QED) is 0.931. The molecular weight excluding hydrogens is 266 g/mol. The molecule has 2 fully saturated rings. The number of H-pyrrole nitrogens is 1. The molecule has 0 radical (unpaired) electrons. The van der Waals surface area contributed by atoms with Gasteiger partial charge in [-0.2, -0.15) is 15.3 Å². The van der Waals surface area contributed by atoms with Crippen molar-refractivity contribution in [2.45, 2.75) is 19.3 Å². The van der Waals surface area contributed by atoms with E-state index in [4.69, 9.17) is 0 Å². The summed E-state index contributed by atoms with van der Waals surface area (Å²) in [7, 11) is 0. The van der Waals surface area contributed by atoms with Gasteiger partial charge in [0.2, 0.25) is 0 Å². The summed E-state index contributed by atoms with van der Waals surface area (Å²) in [5.41, 5.74) is 2.14. The van der Waals surface area contributed by atoms with Crippen molar-refractivity contribution in [3.05, 3.63) is 30.2 Å². The van der Waals surface area contributed by atoms with Gasteiger partial charge >= 0.3 is 0 Å². The molecule has 1 N–H and O–H groups in total. The van der Waals surface area contributed by atoms with Gasteiger partial charge in [0, 0.05) is 18.7 Å². The highest BCUT2D eigenvalue weighted by atomic mass is 16.2. The molecule has 1 unspecified atom stereocenters. The maximum absolute atomic E-state index is 12.5. The molecule has 0 bridgehead atoms. The Morgan fingerprint density at radius 3 is 2.90 bits per heavy atom. The first kappa shape index (κ1) is 12.5. The fourth-order valence-corrected chi connectivity index (χ4v) is 3.12. The average Bonchev–Trinajstić information content (AvgIpc) is 3.06. The summed E-state index contributed by atoms with van der Waals surface area (Å²) in [6.07, 6.45) is 7.09. The van der Waals surface area contributed by atoms with E-state index in [9.17, 15) is 4.79 Å². The van der Waals surface area contributed by atoms with Crippen LogP contribution < -0.4 is 0 Å². The van der Waals surface area contributed by atoms with Gasteiger partial charge in [0.1, 0.15) is 5.69 Å². The van der Waals surface area contributed by atoms with E-state index in [1.807, 2.05) is 11.0 Å². The Kier molecular flexibility index (Phi) is 2.94. The number of amides is 1. The van der Waals surface area contributed by atoms with E-state index in [0.717, 1.165) is 36.7 Å². The molecule has 2 aromatic rings. The van der Waals surface area contributed by atoms with Crippen LogP contribution in [0.5, 0.6) is 0 Å². The predicted octanol–water partition coefficient (Wildman–Crippen LogP) is 1.74. The standard InChI is InChI=1S/C15H17N5O/c21-15(20-6-4-12(9-20)10-1-2-10)14-7-13(18-19-14)11-3-5-16-17-8-11/h3,5,7-8,10,12H,1-2,4,6,9H2,(H,18,19). The molecule has 0 spiro atoms. The zero-order chi connectivity index (χ0) is 14.2. The molecule has 2 aromatic heterocycles. The van der Waals surface area contributed by atoms with Crippen LogP contribution in [0.4, 0.5) is 0 Å². The number of hydrogen-bond acceptors (Lipinski definition) is 4. The second-order valence-electron chi connectivity index (χ2n) is 5.94. The normalized spacial score (nSPS) is 21.7. The summed E-state index contributed by atoms with van der Waals surface area (Å²) in [4.78, 5) is 14.5. The summed E-state index contributed by atoms with van der Waals surface area (Å²) in [5.74, 6) is 1.63. The number of carbonyl (C=O) groups excluding carboxylic acids is 1. The van der Waals surface area contributed by atoms with Crippen LogP contribution in [-0.4, -0.2) is 44.3 Å². The van der Waals surface area contributed by atoms with Crippen LogP contribution in [0, 0.1) is 11.8 Å². The third-order valence-electron chi connectivity index (χ3n) is 4.49. The molecule has 0 aromatic carbocycles. The van der Waals surface area contributed by atoms with Crippen LogP contribution in [0.25, 0.3) is 11.3 Å². The van der Waals surface area contributed by atoms with E-state index in [-0.39, 0.29) is 5.91 Å². The Morgan fingerprint density at radius 1 is 1.24 bits per heavy atom. The van der Waals surface area contributed by atoms with Crippen LogP contribution in [0.3, 0.4) is 0 Å². The lowest BCUT2D eigenvalue weighted by molar-refractivity contribution is 0.0780. The van der Waals surface area contributed by atoms with Gasteiger partial charge in [0.25, 0.3) is 5.91 Å². The molecule has 3 heterocycles. The Labute approximate surface area is 122 Å². The topological polar surface area (TPSA) is 74.8 Å². The van der Waals surface area contributed by atoms with E-state index in [0.29, 0.717) is 11.6 Å². The fourth-order valence-electron chi connectivity index (χ4n) is 3.12. The molecule has 1 aliphatic heterocycles. The summed E-state index contributed by atoms with van der Waals surface area (Å²) in [6, 6.07) is 3.63. The van der Waals surface area contributed by atoms with Crippen molar-refractivity contribution in [2.75, 3.05) is 13.1 Å². The first-order valence-electron chi connectivity index (χ1n) is 7.43. The Morgan fingerprint density at radius 2 is 2.14 bits per heavy atom. The summed E-state index contributed by atoms with van der Waals surface area (Å²) >= 11 is 0. The van der Waals surface area contributed by atoms with E-state index >= 15 is 0 Å². The van der Waals surface area contributed by atoms with Crippen LogP contribution in [0.15, 0.2) is 24.5 Å². The highest BCUT2D eigenvalue weighted by molar-refractivity contribution is 5.93. The lowest BCUT2D eigenvalue weighted by Gasteiger charge is -2.15. The minimum atomic E-state index is 0.0546. The van der Waals surface area contributed by atoms with Crippen LogP contribution >= 0.6 is 0 Å². The van der Waals surface area contributed by atoms with Gasteiger partial charge < -0.3 is 4.90 Å². The van der Waals surface area contributed by atoms with E-state index in [2.05, 4.69) is 20.4 Å². The molecule has 1 saturated heterocycles. The third kappa shape index (κ3) is 2.41. The van der Waals surface area contributed by atoms with Gasteiger partial charge in [0.05, 0.1) is 18.1 Å². The van der Waals surface area contributed by atoms with Crippen LogP contribution in [-0.2, 0) is 0 Å². The van der Waals surface area contributed by atoms with Crippen molar-refractivity contribution in [2.24, 2.45) is 11.8 Å². The Hall–Kier alpha value is -2.24. The zero-order valence-electron chi connectivity index (χ0n) is 11.7. The number of hydrogen-bond donors (Lipinski definition) is 1. The van der Waals surface area contributed by atoms with Gasteiger partial charge in [-0.05, 0) is 43.2 Å². The number of nitrogens with zero attached hydrogens (tertiary/aromatic N) is 4. The molecule has 6 nitrogen and oxygen atoms in total. The first-order valence-corrected chi connectivity index (χ1v) is 7.43. The molecule has 1 aliphatic carbocycles. The average molecular weight is 283 g/mol. The first-order chi connectivity index (χ1) is 10.3. The fraction of sp³-hybridized carbons (Fsp3) is 0.467. The summed E-state index contributed by atoms with van der Waals surface area (Å²) in [6.45, 7) is 1.76. The van der Waals surface area contributed by atoms with Gasteiger partial charge in [-0.25, -0.2) is 0 Å². The number of carbonyl (C=O) groups is 1. The monoisotopic (exact) mass is 283 g/mol. The van der Waals surface area contributed by atoms with Crippen molar-refractivity contribution in [3.63, 3.8) is 0 Å². The Balaban J connectivity index is 1.49. The van der Waals surface area contributed by atoms with E-state index < -0.39 is 0 Å². The molecule has 2 aliphatic rings. The van der Waals surface area contributed by atoms with Crippen molar-refractivity contribution in [1.82, 2.24) is 25.3 Å². The number of likely N-dealkylation sites (tertiary alicyclic amines) is 1. The minimum absolute atomic E-state index is 0.0546. The molecular formula is C15H17N5O. The van der Waals surface area contributed by atoms with Crippen LogP contribution in [0.1, 0.15) is 29.8 Å². The van der Waals surface area contributed by atoms with E-state index in [1.165, 1.54) is 12.8 Å². The second-order valence-corrected chi connectivity index (χ2v) is 5.94. The van der Waals surface area contributed by atoms with Crippen molar-refractivity contribution < 1.29 is 4.79 Å². The molecule has 4 rings (SSSR count). The van der Waals surface area contributed by atoms with Gasteiger partial charge in [-0.1, -0.05) is 0 Å². The lowest BCUT2D eigenvalue weighted by Crippen LogP contribution is -2.29. The SMILES string of the molecule is O=C(c1cc(-c2ccnnc2)n[nH]1)N1CCC(C2CC2)C1. The van der Waals surface area contributed by atoms with Gasteiger partial charge in [-0.15, -0.1) is 0 Å². The molecule has 108 valence electrons. The molecule has 21 heavy (non-hydrogen) atoms. The van der Waals surface area contributed by atoms with Crippen LogP contribution in [0.2, 0.25) is 0 Å². The molecule has 1 atom stereocenters. The van der Waals surface area contributed by atoms with Crippen molar-refractivity contribution in [3.8, 4) is 11.3 Å². The van der Waals surface area contributed by atoms with Gasteiger partial charge in [-0.3, -0.25) is 9.89 Å². The van der Waals surface area contributed by atoms with Crippen molar-refractivity contribution >= 4 is 5.91 Å². The number of aromatic amines is 1. The lowest BCUT2D eigenvalue weighted by atomic mass is 10.0. The second kappa shape index (κ2) is 4.95. The maximum atomic E-state index is 12.5. The third-order valence-corrected chi connectivity index (χ3v) is 4.49. The smallest absolute Gasteiger partial charge is 0.271 e. The highest BCUT2D eigenvalue weighted by Gasteiger charge is 2.37. The number of rotatable bonds is 3. The molecule has 1 amide bonds. The number of nitrogens with one attached hydrogen (secondary N) is 1. The predicted molar refractivity (Wildman–Crippen MR) is 76.3 cm³/mol. The largest absolute Gasteiger partial charge is 0.337 e. The summed E-state index contributed by atoms with van der Waals surface area (Å²) in [5, 5.41) is 14.6. The highest BCUT2D eigenvalue weighted by Crippen LogP contribution is 2.41. The zero-order valence-corrected chi connectivity index (χ0v) is 11.7. The Bertz CT molecular complexity index is 649. The maximum Gasteiger partial charge on any atom is 0.271 e. The molecule has 6 heteroatoms.